The molecule has 0 amide bonds. The average molecular weight is 277 g/mol. The Morgan fingerprint density at radius 1 is 1.05 bits per heavy atom. The molecule has 1 rings (SSSR count). The largest absolute Gasteiger partial charge is 0.377 e. The van der Waals surface area contributed by atoms with E-state index in [1.807, 2.05) is 0 Å². The highest BCUT2D eigenvalue weighted by molar-refractivity contribution is 5.28. The Bertz CT molecular complexity index is 390. The van der Waals surface area contributed by atoms with Crippen LogP contribution >= 0.6 is 0 Å². The van der Waals surface area contributed by atoms with E-state index in [4.69, 9.17) is 10.5 Å². The first-order chi connectivity index (χ1) is 9.29. The van der Waals surface area contributed by atoms with Gasteiger partial charge in [-0.2, -0.15) is 0 Å². The molecule has 1 aromatic carbocycles. The highest BCUT2D eigenvalue weighted by atomic mass is 16.5. The summed E-state index contributed by atoms with van der Waals surface area (Å²) in [7, 11) is 1.77. The van der Waals surface area contributed by atoms with E-state index in [0.29, 0.717) is 0 Å². The number of nitrogens with two attached hydrogens (primary N) is 1. The Kier molecular flexibility index (Phi) is 5.79. The molecule has 2 nitrogen and oxygen atoms in total. The molecule has 0 aliphatic heterocycles. The Labute approximate surface area is 124 Å². The normalized spacial score (nSPS) is 14.3. The first-order valence-corrected chi connectivity index (χ1v) is 7.69. The zero-order valence-corrected chi connectivity index (χ0v) is 14.0. The van der Waals surface area contributed by atoms with Crippen molar-refractivity contribution in [1.82, 2.24) is 0 Å². The fourth-order valence-corrected chi connectivity index (χ4v) is 2.80. The van der Waals surface area contributed by atoms with Gasteiger partial charge in [0.05, 0.1) is 5.60 Å². The SMILES string of the molecule is CCC(CC)(OC)C(N)Cc1ccc(C(C)(C)C)cc1. The molecule has 0 heterocycles. The minimum Gasteiger partial charge on any atom is -0.377 e. The Hall–Kier alpha value is -0.860. The summed E-state index contributed by atoms with van der Waals surface area (Å²) in [6.07, 6.45) is 2.75. The van der Waals surface area contributed by atoms with Crippen molar-refractivity contribution >= 4 is 0 Å². The van der Waals surface area contributed by atoms with E-state index in [-0.39, 0.29) is 17.1 Å². The molecule has 0 aliphatic carbocycles. The van der Waals surface area contributed by atoms with Gasteiger partial charge in [-0.3, -0.25) is 0 Å². The lowest BCUT2D eigenvalue weighted by Gasteiger charge is -2.36. The molecule has 0 bridgehead atoms. The Balaban J connectivity index is 2.83. The van der Waals surface area contributed by atoms with E-state index in [1.165, 1.54) is 11.1 Å². The van der Waals surface area contributed by atoms with Crippen LogP contribution in [0.25, 0.3) is 0 Å². The molecule has 1 atom stereocenters. The molecular weight excluding hydrogens is 246 g/mol. The monoisotopic (exact) mass is 277 g/mol. The van der Waals surface area contributed by atoms with E-state index < -0.39 is 0 Å². The fourth-order valence-electron chi connectivity index (χ4n) is 2.80. The van der Waals surface area contributed by atoms with E-state index >= 15 is 0 Å². The molecule has 0 aliphatic rings. The summed E-state index contributed by atoms with van der Waals surface area (Å²) in [5.41, 5.74) is 9.05. The molecular formula is C18H31NO. The summed E-state index contributed by atoms with van der Waals surface area (Å²) in [5.74, 6) is 0. The Morgan fingerprint density at radius 3 is 1.90 bits per heavy atom. The molecule has 2 heteroatoms. The van der Waals surface area contributed by atoms with Crippen molar-refractivity contribution in [2.24, 2.45) is 5.73 Å². The summed E-state index contributed by atoms with van der Waals surface area (Å²) in [5, 5.41) is 0. The zero-order valence-electron chi connectivity index (χ0n) is 14.0. The van der Waals surface area contributed by atoms with Gasteiger partial charge < -0.3 is 10.5 Å². The van der Waals surface area contributed by atoms with Crippen LogP contribution in [0.1, 0.15) is 58.6 Å². The molecule has 114 valence electrons. The van der Waals surface area contributed by atoms with Gasteiger partial charge in [-0.25, -0.2) is 0 Å². The van der Waals surface area contributed by atoms with Crippen molar-refractivity contribution in [1.29, 1.82) is 0 Å². The van der Waals surface area contributed by atoms with Crippen LogP contribution in [0.3, 0.4) is 0 Å². The molecule has 20 heavy (non-hydrogen) atoms. The zero-order chi connectivity index (χ0) is 15.4. The van der Waals surface area contributed by atoms with Crippen LogP contribution in [0, 0.1) is 0 Å². The predicted octanol–water partition coefficient (Wildman–Crippen LogP) is 4.06. The first-order valence-electron chi connectivity index (χ1n) is 7.69. The third-order valence-electron chi connectivity index (χ3n) is 4.55. The Morgan fingerprint density at radius 2 is 1.55 bits per heavy atom. The second-order valence-corrected chi connectivity index (χ2v) is 6.73. The summed E-state index contributed by atoms with van der Waals surface area (Å²) in [6, 6.07) is 8.87. The van der Waals surface area contributed by atoms with Crippen LogP contribution in [0.2, 0.25) is 0 Å². The second-order valence-electron chi connectivity index (χ2n) is 6.73. The molecule has 1 aromatic rings. The van der Waals surface area contributed by atoms with Gasteiger partial charge >= 0.3 is 0 Å². The third-order valence-corrected chi connectivity index (χ3v) is 4.55. The second kappa shape index (κ2) is 6.73. The van der Waals surface area contributed by atoms with Gasteiger partial charge in [0.25, 0.3) is 0 Å². The van der Waals surface area contributed by atoms with Crippen molar-refractivity contribution in [3.63, 3.8) is 0 Å². The van der Waals surface area contributed by atoms with Gasteiger partial charge in [0.15, 0.2) is 0 Å². The predicted molar refractivity (Wildman–Crippen MR) is 87.1 cm³/mol. The molecule has 2 N–H and O–H groups in total. The molecule has 0 saturated heterocycles. The smallest absolute Gasteiger partial charge is 0.0826 e. The van der Waals surface area contributed by atoms with Crippen LogP contribution in [0.15, 0.2) is 24.3 Å². The van der Waals surface area contributed by atoms with Gasteiger partial charge in [-0.15, -0.1) is 0 Å². The first kappa shape index (κ1) is 17.2. The lowest BCUT2D eigenvalue weighted by molar-refractivity contribution is -0.0374. The van der Waals surface area contributed by atoms with Gasteiger partial charge in [-0.1, -0.05) is 58.9 Å². The lowest BCUT2D eigenvalue weighted by Crippen LogP contribution is -2.50. The van der Waals surface area contributed by atoms with Crippen LogP contribution < -0.4 is 5.73 Å². The maximum absolute atomic E-state index is 6.42. The van der Waals surface area contributed by atoms with E-state index in [1.54, 1.807) is 7.11 Å². The molecule has 0 aromatic heterocycles. The summed E-state index contributed by atoms with van der Waals surface area (Å²) >= 11 is 0. The van der Waals surface area contributed by atoms with Crippen LogP contribution in [-0.2, 0) is 16.6 Å². The molecule has 1 unspecified atom stereocenters. The summed E-state index contributed by atoms with van der Waals surface area (Å²) in [4.78, 5) is 0. The van der Waals surface area contributed by atoms with E-state index in [2.05, 4.69) is 58.9 Å². The number of rotatable bonds is 6. The standard InChI is InChI=1S/C18H31NO/c1-7-18(8-2,20-6)16(19)13-14-9-11-15(12-10-14)17(3,4)5/h9-12,16H,7-8,13,19H2,1-6H3. The van der Waals surface area contributed by atoms with Crippen molar-refractivity contribution in [3.05, 3.63) is 35.4 Å². The maximum atomic E-state index is 6.42. The summed E-state index contributed by atoms with van der Waals surface area (Å²) in [6.45, 7) is 11.0. The number of methoxy groups -OCH3 is 1. The van der Waals surface area contributed by atoms with Crippen molar-refractivity contribution in [2.75, 3.05) is 7.11 Å². The third kappa shape index (κ3) is 3.83. The van der Waals surface area contributed by atoms with E-state index in [0.717, 1.165) is 19.3 Å². The topological polar surface area (TPSA) is 35.2 Å². The molecule has 0 spiro atoms. The van der Waals surface area contributed by atoms with Crippen molar-refractivity contribution in [3.8, 4) is 0 Å². The number of hydrogen-bond donors (Lipinski definition) is 1. The molecule has 0 fully saturated rings. The number of ether oxygens (including phenoxy) is 1. The fraction of sp³-hybridized carbons (Fsp3) is 0.667. The molecule has 0 saturated carbocycles. The van der Waals surface area contributed by atoms with E-state index in [9.17, 15) is 0 Å². The highest BCUT2D eigenvalue weighted by Crippen LogP contribution is 2.26. The average Bonchev–Trinajstić information content (AvgIpc) is 2.41. The van der Waals surface area contributed by atoms with Crippen LogP contribution in [0.5, 0.6) is 0 Å². The quantitative estimate of drug-likeness (QED) is 0.851. The van der Waals surface area contributed by atoms with Crippen LogP contribution in [-0.4, -0.2) is 18.8 Å². The van der Waals surface area contributed by atoms with Gasteiger partial charge in [0.2, 0.25) is 0 Å². The highest BCUT2D eigenvalue weighted by Gasteiger charge is 2.33. The van der Waals surface area contributed by atoms with Gasteiger partial charge in [-0.05, 0) is 35.8 Å². The lowest BCUT2D eigenvalue weighted by atomic mass is 9.83. The van der Waals surface area contributed by atoms with Crippen LogP contribution in [0.4, 0.5) is 0 Å². The summed E-state index contributed by atoms with van der Waals surface area (Å²) < 4.78 is 5.72. The number of benzene rings is 1. The number of hydrogen-bond acceptors (Lipinski definition) is 2. The minimum atomic E-state index is -0.206. The van der Waals surface area contributed by atoms with Crippen molar-refractivity contribution in [2.45, 2.75) is 70.9 Å². The van der Waals surface area contributed by atoms with Crippen molar-refractivity contribution < 1.29 is 4.74 Å². The van der Waals surface area contributed by atoms with Gasteiger partial charge in [0.1, 0.15) is 0 Å². The van der Waals surface area contributed by atoms with Gasteiger partial charge in [0, 0.05) is 13.2 Å². The minimum absolute atomic E-state index is 0.0305. The maximum Gasteiger partial charge on any atom is 0.0826 e. The molecule has 0 radical (unpaired) electrons.